The minimum absolute atomic E-state index is 0.0529. The van der Waals surface area contributed by atoms with Crippen molar-refractivity contribution < 1.29 is 9.31 Å². The molecule has 2 aromatic rings. The molecule has 0 radical (unpaired) electrons. The Labute approximate surface area is 109 Å². The van der Waals surface area contributed by atoms with E-state index >= 15 is 0 Å². The number of halogens is 1. The maximum absolute atomic E-state index is 13.1. The zero-order valence-electron chi connectivity index (χ0n) is 10.3. The van der Waals surface area contributed by atoms with E-state index in [1.807, 2.05) is 6.07 Å². The van der Waals surface area contributed by atoms with Crippen molar-refractivity contribution >= 4 is 11.5 Å². The highest BCUT2D eigenvalue weighted by atomic mass is 19.1. The fourth-order valence-corrected chi connectivity index (χ4v) is 1.70. The molecule has 19 heavy (non-hydrogen) atoms. The summed E-state index contributed by atoms with van der Waals surface area (Å²) in [7, 11) is 1.79. The summed E-state index contributed by atoms with van der Waals surface area (Å²) in [5, 5.41) is 10.5. The molecule has 2 rings (SSSR count). The summed E-state index contributed by atoms with van der Waals surface area (Å²) in [6.45, 7) is 0.475. The number of hydrogen-bond donors (Lipinski definition) is 0. The highest BCUT2D eigenvalue weighted by molar-refractivity contribution is 5.42. The van der Waals surface area contributed by atoms with Gasteiger partial charge in [-0.15, -0.1) is 0 Å². The van der Waals surface area contributed by atoms with Crippen LogP contribution in [-0.2, 0) is 6.54 Å². The summed E-state index contributed by atoms with van der Waals surface area (Å²) in [5.74, 6) is 0.303. The molecule has 0 aliphatic carbocycles. The molecule has 1 aromatic carbocycles. The van der Waals surface area contributed by atoms with Crippen LogP contribution < -0.4 is 4.90 Å². The van der Waals surface area contributed by atoms with Crippen molar-refractivity contribution in [3.8, 4) is 0 Å². The fraction of sp³-hybridized carbons (Fsp3) is 0.154. The average Bonchev–Trinajstić information content (AvgIpc) is 2.39. The third-order valence-corrected chi connectivity index (χ3v) is 2.64. The lowest BCUT2D eigenvalue weighted by Crippen LogP contribution is -2.17. The summed E-state index contributed by atoms with van der Waals surface area (Å²) in [6, 6.07) is 9.24. The Morgan fingerprint density at radius 2 is 2.16 bits per heavy atom. The van der Waals surface area contributed by atoms with Gasteiger partial charge in [-0.25, -0.2) is 9.37 Å². The van der Waals surface area contributed by atoms with Crippen LogP contribution in [-0.4, -0.2) is 17.0 Å². The molecule has 0 aliphatic heterocycles. The SMILES string of the molecule is CN(Cc1cccc(F)c1)c1ccc([N+](=O)[O-])cn1. The molecule has 98 valence electrons. The molecule has 0 unspecified atom stereocenters. The Morgan fingerprint density at radius 1 is 1.37 bits per heavy atom. The molecule has 0 N–H and O–H groups in total. The smallest absolute Gasteiger partial charge is 0.287 e. The monoisotopic (exact) mass is 261 g/mol. The highest BCUT2D eigenvalue weighted by Crippen LogP contribution is 2.16. The molecule has 0 atom stereocenters. The van der Waals surface area contributed by atoms with Gasteiger partial charge in [0.15, 0.2) is 0 Å². The van der Waals surface area contributed by atoms with Crippen molar-refractivity contribution in [3.05, 3.63) is 64.1 Å². The molecular weight excluding hydrogens is 249 g/mol. The van der Waals surface area contributed by atoms with Gasteiger partial charge < -0.3 is 4.90 Å². The number of nitro groups is 1. The van der Waals surface area contributed by atoms with E-state index in [2.05, 4.69) is 4.98 Å². The van der Waals surface area contributed by atoms with Crippen LogP contribution in [0.2, 0.25) is 0 Å². The third kappa shape index (κ3) is 3.25. The Bertz CT molecular complexity index is 587. The second kappa shape index (κ2) is 5.43. The zero-order valence-corrected chi connectivity index (χ0v) is 10.3. The van der Waals surface area contributed by atoms with E-state index in [0.29, 0.717) is 12.4 Å². The number of nitrogens with zero attached hydrogens (tertiary/aromatic N) is 3. The molecule has 0 saturated heterocycles. The molecule has 0 spiro atoms. The number of anilines is 1. The topological polar surface area (TPSA) is 59.3 Å². The molecular formula is C13H12FN3O2. The quantitative estimate of drug-likeness (QED) is 0.627. The second-order valence-electron chi connectivity index (χ2n) is 4.12. The zero-order chi connectivity index (χ0) is 13.8. The fourth-order valence-electron chi connectivity index (χ4n) is 1.70. The third-order valence-electron chi connectivity index (χ3n) is 2.64. The van der Waals surface area contributed by atoms with Gasteiger partial charge in [0.2, 0.25) is 0 Å². The van der Waals surface area contributed by atoms with Crippen LogP contribution in [0.1, 0.15) is 5.56 Å². The second-order valence-corrected chi connectivity index (χ2v) is 4.12. The van der Waals surface area contributed by atoms with Gasteiger partial charge in [0, 0.05) is 19.7 Å². The molecule has 0 aliphatic rings. The maximum Gasteiger partial charge on any atom is 0.287 e. The van der Waals surface area contributed by atoms with E-state index in [1.165, 1.54) is 24.4 Å². The van der Waals surface area contributed by atoms with Gasteiger partial charge in [-0.2, -0.15) is 0 Å². The number of benzene rings is 1. The van der Waals surface area contributed by atoms with Crippen LogP contribution in [0.5, 0.6) is 0 Å². The number of pyridine rings is 1. The van der Waals surface area contributed by atoms with Gasteiger partial charge in [0.05, 0.1) is 4.92 Å². The number of rotatable bonds is 4. The minimum Gasteiger partial charge on any atom is -0.355 e. The van der Waals surface area contributed by atoms with Crippen LogP contribution in [0, 0.1) is 15.9 Å². The van der Waals surface area contributed by atoms with Crippen molar-refractivity contribution in [2.75, 3.05) is 11.9 Å². The van der Waals surface area contributed by atoms with E-state index in [4.69, 9.17) is 0 Å². The molecule has 1 heterocycles. The molecule has 5 nitrogen and oxygen atoms in total. The lowest BCUT2D eigenvalue weighted by Gasteiger charge is -2.17. The van der Waals surface area contributed by atoms with Crippen molar-refractivity contribution in [1.82, 2.24) is 4.98 Å². The highest BCUT2D eigenvalue weighted by Gasteiger charge is 2.08. The lowest BCUT2D eigenvalue weighted by molar-refractivity contribution is -0.385. The van der Waals surface area contributed by atoms with Crippen LogP contribution in [0.4, 0.5) is 15.9 Å². The maximum atomic E-state index is 13.1. The van der Waals surface area contributed by atoms with E-state index in [0.717, 1.165) is 5.56 Å². The van der Waals surface area contributed by atoms with Crippen molar-refractivity contribution in [2.24, 2.45) is 0 Å². The predicted octanol–water partition coefficient (Wildman–Crippen LogP) is 2.77. The first-order chi connectivity index (χ1) is 9.06. The summed E-state index contributed by atoms with van der Waals surface area (Å²) < 4.78 is 13.1. The van der Waals surface area contributed by atoms with Crippen LogP contribution in [0.3, 0.4) is 0 Å². The molecule has 1 aromatic heterocycles. The van der Waals surface area contributed by atoms with Crippen LogP contribution in [0.15, 0.2) is 42.6 Å². The summed E-state index contributed by atoms with van der Waals surface area (Å²) in [6.07, 6.45) is 1.21. The standard InChI is InChI=1S/C13H12FN3O2/c1-16(9-10-3-2-4-11(14)7-10)13-6-5-12(8-15-13)17(18)19/h2-8H,9H2,1H3. The van der Waals surface area contributed by atoms with Gasteiger partial charge in [-0.05, 0) is 23.8 Å². The van der Waals surface area contributed by atoms with E-state index in [-0.39, 0.29) is 11.5 Å². The van der Waals surface area contributed by atoms with Gasteiger partial charge in [0.1, 0.15) is 17.8 Å². The lowest BCUT2D eigenvalue weighted by atomic mass is 10.2. The van der Waals surface area contributed by atoms with E-state index in [9.17, 15) is 14.5 Å². The molecule has 0 fully saturated rings. The van der Waals surface area contributed by atoms with Crippen molar-refractivity contribution in [3.63, 3.8) is 0 Å². The van der Waals surface area contributed by atoms with Crippen LogP contribution in [0.25, 0.3) is 0 Å². The van der Waals surface area contributed by atoms with E-state index in [1.54, 1.807) is 24.1 Å². The van der Waals surface area contributed by atoms with Crippen molar-refractivity contribution in [1.29, 1.82) is 0 Å². The average molecular weight is 261 g/mol. The first-order valence-electron chi connectivity index (χ1n) is 5.62. The van der Waals surface area contributed by atoms with E-state index < -0.39 is 4.92 Å². The Balaban J connectivity index is 2.11. The molecule has 0 bridgehead atoms. The minimum atomic E-state index is -0.497. The Hall–Kier alpha value is -2.50. The molecule has 0 amide bonds. The Kier molecular flexibility index (Phi) is 3.70. The number of hydrogen-bond acceptors (Lipinski definition) is 4. The molecule has 6 heteroatoms. The first kappa shape index (κ1) is 12.9. The van der Waals surface area contributed by atoms with Gasteiger partial charge in [-0.1, -0.05) is 12.1 Å². The Morgan fingerprint density at radius 3 is 2.74 bits per heavy atom. The predicted molar refractivity (Wildman–Crippen MR) is 69.4 cm³/mol. The first-order valence-corrected chi connectivity index (χ1v) is 5.62. The van der Waals surface area contributed by atoms with Gasteiger partial charge >= 0.3 is 0 Å². The number of aromatic nitrogens is 1. The largest absolute Gasteiger partial charge is 0.355 e. The normalized spacial score (nSPS) is 10.2. The van der Waals surface area contributed by atoms with Crippen LogP contribution >= 0.6 is 0 Å². The van der Waals surface area contributed by atoms with Gasteiger partial charge in [0.25, 0.3) is 5.69 Å². The summed E-state index contributed by atoms with van der Waals surface area (Å²) in [4.78, 5) is 15.8. The summed E-state index contributed by atoms with van der Waals surface area (Å²) in [5.41, 5.74) is 0.755. The summed E-state index contributed by atoms with van der Waals surface area (Å²) >= 11 is 0. The van der Waals surface area contributed by atoms with Crippen molar-refractivity contribution in [2.45, 2.75) is 6.54 Å². The van der Waals surface area contributed by atoms with Gasteiger partial charge in [-0.3, -0.25) is 10.1 Å². The molecule has 0 saturated carbocycles.